The molecule has 0 amide bonds. The van der Waals surface area contributed by atoms with E-state index in [4.69, 9.17) is 5.21 Å². The van der Waals surface area contributed by atoms with E-state index in [0.29, 0.717) is 11.8 Å². The predicted octanol–water partition coefficient (Wildman–Crippen LogP) is 1.99. The average molecular weight is 205 g/mol. The van der Waals surface area contributed by atoms with Crippen LogP contribution in [0.2, 0.25) is 0 Å². The van der Waals surface area contributed by atoms with Crippen molar-refractivity contribution in [3.8, 4) is 0 Å². The zero-order valence-electron chi connectivity index (χ0n) is 8.80. The summed E-state index contributed by atoms with van der Waals surface area (Å²) in [7, 11) is 0. The third kappa shape index (κ3) is 1.14. The summed E-state index contributed by atoms with van der Waals surface area (Å²) in [5.41, 5.74) is 0.965. The molecular formula is C11H15N3O. The maximum Gasteiger partial charge on any atom is 0.106 e. The van der Waals surface area contributed by atoms with Crippen LogP contribution < -0.4 is 0 Å². The van der Waals surface area contributed by atoms with Crippen LogP contribution in [-0.2, 0) is 0 Å². The average Bonchev–Trinajstić information content (AvgIpc) is 2.90. The fraction of sp³-hybridized carbons (Fsp3) is 0.636. The molecule has 0 aromatic carbocycles. The molecule has 0 spiro atoms. The van der Waals surface area contributed by atoms with Gasteiger partial charge >= 0.3 is 0 Å². The second-order valence-corrected chi connectivity index (χ2v) is 4.62. The Bertz CT molecular complexity index is 410. The minimum absolute atomic E-state index is 0.260. The van der Waals surface area contributed by atoms with Crippen molar-refractivity contribution >= 4 is 5.71 Å². The lowest BCUT2D eigenvalue weighted by Crippen LogP contribution is -2.26. The molecule has 1 N–H and O–H groups in total. The van der Waals surface area contributed by atoms with Crippen molar-refractivity contribution in [1.29, 1.82) is 0 Å². The third-order valence-corrected chi connectivity index (χ3v) is 3.92. The Morgan fingerprint density at radius 3 is 3.07 bits per heavy atom. The Hall–Kier alpha value is -1.32. The van der Waals surface area contributed by atoms with E-state index in [9.17, 15) is 0 Å². The Kier molecular flexibility index (Phi) is 1.84. The highest BCUT2D eigenvalue weighted by Crippen LogP contribution is 2.49. The summed E-state index contributed by atoms with van der Waals surface area (Å²) in [5, 5.41) is 12.6. The Morgan fingerprint density at radius 2 is 2.40 bits per heavy atom. The maximum atomic E-state index is 9.10. The smallest absolute Gasteiger partial charge is 0.106 e. The number of aryl methyl sites for hydroxylation is 1. The van der Waals surface area contributed by atoms with Gasteiger partial charge in [0.2, 0.25) is 0 Å². The van der Waals surface area contributed by atoms with Crippen LogP contribution in [0.4, 0.5) is 0 Å². The molecule has 3 atom stereocenters. The van der Waals surface area contributed by atoms with Gasteiger partial charge in [0.1, 0.15) is 5.82 Å². The molecule has 4 heteroatoms. The van der Waals surface area contributed by atoms with E-state index in [1.807, 2.05) is 19.3 Å². The Balaban J connectivity index is 2.03. The van der Waals surface area contributed by atoms with Gasteiger partial charge in [-0.1, -0.05) is 5.16 Å². The number of rotatable bonds is 1. The summed E-state index contributed by atoms with van der Waals surface area (Å²) >= 11 is 0. The lowest BCUT2D eigenvalue weighted by molar-refractivity contribution is 0.306. The molecule has 15 heavy (non-hydrogen) atoms. The summed E-state index contributed by atoms with van der Waals surface area (Å²) in [5.74, 6) is 2.16. The zero-order chi connectivity index (χ0) is 10.4. The molecule has 0 unspecified atom stereocenters. The van der Waals surface area contributed by atoms with Crippen molar-refractivity contribution in [2.75, 3.05) is 0 Å². The van der Waals surface area contributed by atoms with Crippen LogP contribution in [0.15, 0.2) is 17.5 Å². The van der Waals surface area contributed by atoms with Crippen molar-refractivity contribution in [1.82, 2.24) is 9.55 Å². The molecule has 0 aliphatic heterocycles. The number of aromatic nitrogens is 2. The number of hydrogen-bond acceptors (Lipinski definition) is 3. The minimum Gasteiger partial charge on any atom is -0.411 e. The van der Waals surface area contributed by atoms with Crippen molar-refractivity contribution < 1.29 is 5.21 Å². The van der Waals surface area contributed by atoms with E-state index in [1.165, 1.54) is 19.3 Å². The van der Waals surface area contributed by atoms with Gasteiger partial charge in [-0.05, 0) is 32.1 Å². The van der Waals surface area contributed by atoms with Crippen molar-refractivity contribution in [3.63, 3.8) is 0 Å². The third-order valence-electron chi connectivity index (χ3n) is 3.92. The number of hydrogen-bond donors (Lipinski definition) is 1. The van der Waals surface area contributed by atoms with Crippen LogP contribution >= 0.6 is 0 Å². The highest BCUT2D eigenvalue weighted by molar-refractivity contribution is 5.93. The molecule has 2 aliphatic carbocycles. The topological polar surface area (TPSA) is 50.4 Å². The summed E-state index contributed by atoms with van der Waals surface area (Å²) < 4.78 is 2.15. The first-order chi connectivity index (χ1) is 7.31. The maximum absolute atomic E-state index is 9.10. The predicted molar refractivity (Wildman–Crippen MR) is 56.1 cm³/mol. The van der Waals surface area contributed by atoms with Crippen molar-refractivity contribution in [2.45, 2.75) is 32.2 Å². The van der Waals surface area contributed by atoms with E-state index in [0.717, 1.165) is 11.5 Å². The minimum atomic E-state index is 0.260. The number of oxime groups is 1. The summed E-state index contributed by atoms with van der Waals surface area (Å²) in [6.45, 7) is 2.00. The molecule has 0 saturated heterocycles. The number of imidazole rings is 1. The van der Waals surface area contributed by atoms with Crippen molar-refractivity contribution in [2.24, 2.45) is 17.0 Å². The SMILES string of the molecule is Cc1nccn1[C@@H]1/C(=N\O)[C@H]2CC[C@H]1C2. The van der Waals surface area contributed by atoms with Gasteiger partial charge in [0, 0.05) is 18.3 Å². The highest BCUT2D eigenvalue weighted by Gasteiger charge is 2.46. The van der Waals surface area contributed by atoms with E-state index < -0.39 is 0 Å². The summed E-state index contributed by atoms with van der Waals surface area (Å²) in [4.78, 5) is 4.24. The molecule has 3 rings (SSSR count). The largest absolute Gasteiger partial charge is 0.411 e. The van der Waals surface area contributed by atoms with Crippen LogP contribution in [0.25, 0.3) is 0 Å². The van der Waals surface area contributed by atoms with Gasteiger partial charge in [0.25, 0.3) is 0 Å². The van der Waals surface area contributed by atoms with E-state index in [1.54, 1.807) is 0 Å². The van der Waals surface area contributed by atoms with E-state index in [-0.39, 0.29) is 6.04 Å². The lowest BCUT2D eigenvalue weighted by Gasteiger charge is -2.24. The Labute approximate surface area is 88.6 Å². The van der Waals surface area contributed by atoms with Crippen LogP contribution in [0.5, 0.6) is 0 Å². The zero-order valence-corrected chi connectivity index (χ0v) is 8.80. The monoisotopic (exact) mass is 205 g/mol. The van der Waals surface area contributed by atoms with Crippen molar-refractivity contribution in [3.05, 3.63) is 18.2 Å². The summed E-state index contributed by atoms with van der Waals surface area (Å²) in [6, 6.07) is 0.260. The Morgan fingerprint density at radius 1 is 1.53 bits per heavy atom. The second-order valence-electron chi connectivity index (χ2n) is 4.62. The molecule has 80 valence electrons. The van der Waals surface area contributed by atoms with Gasteiger partial charge in [-0.25, -0.2) is 4.98 Å². The molecule has 4 nitrogen and oxygen atoms in total. The van der Waals surface area contributed by atoms with Gasteiger partial charge in [-0.2, -0.15) is 0 Å². The molecule has 2 fully saturated rings. The van der Waals surface area contributed by atoms with Gasteiger partial charge in [0.05, 0.1) is 11.8 Å². The quantitative estimate of drug-likeness (QED) is 0.563. The van der Waals surface area contributed by atoms with Crippen LogP contribution in [0.3, 0.4) is 0 Å². The van der Waals surface area contributed by atoms with E-state index >= 15 is 0 Å². The number of fused-ring (bicyclic) bond motifs is 2. The molecule has 2 saturated carbocycles. The van der Waals surface area contributed by atoms with Gasteiger partial charge in [-0.15, -0.1) is 0 Å². The highest BCUT2D eigenvalue weighted by atomic mass is 16.4. The molecule has 1 heterocycles. The van der Waals surface area contributed by atoms with Crippen LogP contribution in [-0.4, -0.2) is 20.5 Å². The standard InChI is InChI=1S/C11H15N3O/c1-7-12-4-5-14(7)11-9-3-2-8(6-9)10(11)13-15/h4-5,8-9,11,15H,2-3,6H2,1H3/b13-10-/t8-,9-,11-/m0/s1. The summed E-state index contributed by atoms with van der Waals surface area (Å²) in [6.07, 6.45) is 7.43. The first kappa shape index (κ1) is 8.95. The second kappa shape index (κ2) is 3.08. The van der Waals surface area contributed by atoms with Gasteiger partial charge < -0.3 is 9.77 Å². The first-order valence-electron chi connectivity index (χ1n) is 5.52. The molecule has 2 aliphatic rings. The molecule has 1 aromatic heterocycles. The van der Waals surface area contributed by atoms with E-state index in [2.05, 4.69) is 14.7 Å². The van der Waals surface area contributed by atoms with Gasteiger partial charge in [-0.3, -0.25) is 0 Å². The molecule has 2 bridgehead atoms. The van der Waals surface area contributed by atoms with Crippen LogP contribution in [0.1, 0.15) is 31.1 Å². The fourth-order valence-electron chi connectivity index (χ4n) is 3.25. The normalized spacial score (nSPS) is 36.6. The molecular weight excluding hydrogens is 190 g/mol. The molecule has 1 aromatic rings. The lowest BCUT2D eigenvalue weighted by atomic mass is 9.93. The molecule has 0 radical (unpaired) electrons. The van der Waals surface area contributed by atoms with Gasteiger partial charge in [0.15, 0.2) is 0 Å². The van der Waals surface area contributed by atoms with Crippen LogP contribution in [0, 0.1) is 18.8 Å². The first-order valence-corrected chi connectivity index (χ1v) is 5.52. The number of nitrogens with zero attached hydrogens (tertiary/aromatic N) is 3. The fourth-order valence-corrected chi connectivity index (χ4v) is 3.25.